The molecule has 0 unspecified atom stereocenters. The summed E-state index contributed by atoms with van der Waals surface area (Å²) in [5, 5.41) is 0. The highest BCUT2D eigenvalue weighted by Crippen LogP contribution is 2.50. The highest BCUT2D eigenvalue weighted by molar-refractivity contribution is 5.68. The third-order valence-corrected chi connectivity index (χ3v) is 4.13. The highest BCUT2D eigenvalue weighted by atomic mass is 16.6. The molecule has 0 radical (unpaired) electrons. The van der Waals surface area contributed by atoms with Crippen molar-refractivity contribution in [2.45, 2.75) is 53.1 Å². The van der Waals surface area contributed by atoms with Gasteiger partial charge in [-0.1, -0.05) is 13.8 Å². The van der Waals surface area contributed by atoms with Crippen LogP contribution in [0.5, 0.6) is 0 Å². The van der Waals surface area contributed by atoms with E-state index in [0.29, 0.717) is 11.3 Å². The van der Waals surface area contributed by atoms with E-state index in [4.69, 9.17) is 4.74 Å². The van der Waals surface area contributed by atoms with Gasteiger partial charge in [0.05, 0.1) is 0 Å². The lowest BCUT2D eigenvalue weighted by molar-refractivity contribution is 0.0267. The largest absolute Gasteiger partial charge is 0.444 e. The molecular weight excluding hydrogens is 214 g/mol. The Morgan fingerprint density at radius 3 is 2.59 bits per heavy atom. The molecule has 2 aliphatic rings. The summed E-state index contributed by atoms with van der Waals surface area (Å²) in [5.74, 6) is 1.48. The van der Waals surface area contributed by atoms with Gasteiger partial charge in [-0.05, 0) is 50.9 Å². The molecule has 1 amide bonds. The average molecular weight is 239 g/mol. The van der Waals surface area contributed by atoms with Crippen molar-refractivity contribution in [1.29, 1.82) is 0 Å². The van der Waals surface area contributed by atoms with Crippen molar-refractivity contribution in [2.24, 2.45) is 17.3 Å². The van der Waals surface area contributed by atoms with Crippen molar-refractivity contribution in [3.8, 4) is 0 Å². The van der Waals surface area contributed by atoms with Crippen molar-refractivity contribution in [3.05, 3.63) is 0 Å². The molecule has 98 valence electrons. The lowest BCUT2D eigenvalue weighted by Crippen LogP contribution is -2.36. The summed E-state index contributed by atoms with van der Waals surface area (Å²) in [6, 6.07) is 0. The van der Waals surface area contributed by atoms with Crippen molar-refractivity contribution in [3.63, 3.8) is 0 Å². The summed E-state index contributed by atoms with van der Waals surface area (Å²) in [6.07, 6.45) is 2.37. The van der Waals surface area contributed by atoms with E-state index in [0.717, 1.165) is 19.0 Å². The van der Waals surface area contributed by atoms with Gasteiger partial charge >= 0.3 is 6.09 Å². The van der Waals surface area contributed by atoms with E-state index in [9.17, 15) is 4.79 Å². The normalized spacial score (nSPS) is 37.1. The summed E-state index contributed by atoms with van der Waals surface area (Å²) in [6.45, 7) is 12.2. The quantitative estimate of drug-likeness (QED) is 0.649. The summed E-state index contributed by atoms with van der Waals surface area (Å²) >= 11 is 0. The van der Waals surface area contributed by atoms with E-state index in [1.165, 1.54) is 12.8 Å². The number of carbonyl (C=O) groups excluding carboxylic acids is 1. The monoisotopic (exact) mass is 239 g/mol. The fourth-order valence-corrected chi connectivity index (χ4v) is 3.54. The van der Waals surface area contributed by atoms with Gasteiger partial charge in [-0.15, -0.1) is 0 Å². The maximum atomic E-state index is 12.0. The van der Waals surface area contributed by atoms with Gasteiger partial charge in [-0.3, -0.25) is 0 Å². The van der Waals surface area contributed by atoms with Crippen LogP contribution in [0.25, 0.3) is 0 Å². The second-order valence-corrected chi connectivity index (χ2v) is 7.26. The molecule has 0 bridgehead atoms. The van der Waals surface area contributed by atoms with Gasteiger partial charge in [0.2, 0.25) is 0 Å². The van der Waals surface area contributed by atoms with E-state index < -0.39 is 0 Å². The predicted octanol–water partition coefficient (Wildman–Crippen LogP) is 3.29. The van der Waals surface area contributed by atoms with E-state index in [2.05, 4.69) is 13.8 Å². The predicted molar refractivity (Wildman–Crippen MR) is 67.8 cm³/mol. The molecule has 1 heterocycles. The van der Waals surface area contributed by atoms with Gasteiger partial charge in [-0.25, -0.2) is 4.79 Å². The Kier molecular flexibility index (Phi) is 2.91. The maximum Gasteiger partial charge on any atom is 0.410 e. The van der Waals surface area contributed by atoms with Gasteiger partial charge in [-0.2, -0.15) is 0 Å². The number of rotatable bonds is 0. The van der Waals surface area contributed by atoms with Crippen LogP contribution in [-0.2, 0) is 4.74 Å². The number of nitrogens with zero attached hydrogens (tertiary/aromatic N) is 1. The number of amides is 1. The minimum absolute atomic E-state index is 0.138. The fraction of sp³-hybridized carbons (Fsp3) is 0.929. The Hall–Kier alpha value is -0.730. The molecule has 0 spiro atoms. The first kappa shape index (κ1) is 12.7. The van der Waals surface area contributed by atoms with Crippen molar-refractivity contribution in [1.82, 2.24) is 4.90 Å². The van der Waals surface area contributed by atoms with Crippen LogP contribution < -0.4 is 0 Å². The molecule has 0 aromatic heterocycles. The summed E-state index contributed by atoms with van der Waals surface area (Å²) in [7, 11) is 0. The summed E-state index contributed by atoms with van der Waals surface area (Å²) in [5.41, 5.74) is -0.0562. The second kappa shape index (κ2) is 3.89. The van der Waals surface area contributed by atoms with E-state index in [1.807, 2.05) is 25.7 Å². The Balaban J connectivity index is 1.98. The first-order valence-corrected chi connectivity index (χ1v) is 6.67. The molecule has 1 aliphatic heterocycles. The number of carbonyl (C=O) groups is 1. The van der Waals surface area contributed by atoms with E-state index in [-0.39, 0.29) is 11.7 Å². The summed E-state index contributed by atoms with van der Waals surface area (Å²) < 4.78 is 5.45. The van der Waals surface area contributed by atoms with Crippen LogP contribution in [0.2, 0.25) is 0 Å². The standard InChI is InChI=1S/C14H25NO2/c1-10-6-11-8-15(9-14(11,5)7-10)12(16)17-13(2,3)4/h10-11H,6-9H2,1-5H3/t10-,11+,14-/m1/s1. The van der Waals surface area contributed by atoms with E-state index in [1.54, 1.807) is 0 Å². The molecule has 17 heavy (non-hydrogen) atoms. The van der Waals surface area contributed by atoms with Crippen LogP contribution in [0.15, 0.2) is 0 Å². The van der Waals surface area contributed by atoms with Crippen LogP contribution >= 0.6 is 0 Å². The number of hydrogen-bond acceptors (Lipinski definition) is 2. The molecule has 2 fully saturated rings. The van der Waals surface area contributed by atoms with Crippen LogP contribution in [-0.4, -0.2) is 29.7 Å². The Bertz CT molecular complexity index is 321. The Labute approximate surface area is 105 Å². The van der Waals surface area contributed by atoms with Crippen LogP contribution in [0.4, 0.5) is 4.79 Å². The third kappa shape index (κ3) is 2.58. The maximum absolute atomic E-state index is 12.0. The molecular formula is C14H25NO2. The van der Waals surface area contributed by atoms with Crippen molar-refractivity contribution in [2.75, 3.05) is 13.1 Å². The smallest absolute Gasteiger partial charge is 0.410 e. The molecule has 3 atom stereocenters. The average Bonchev–Trinajstić information content (AvgIpc) is 2.51. The lowest BCUT2D eigenvalue weighted by atomic mass is 9.83. The molecule has 3 nitrogen and oxygen atoms in total. The topological polar surface area (TPSA) is 29.5 Å². The van der Waals surface area contributed by atoms with Gasteiger partial charge in [0.1, 0.15) is 5.60 Å². The molecule has 0 aromatic carbocycles. The van der Waals surface area contributed by atoms with Crippen LogP contribution in [0.1, 0.15) is 47.5 Å². The van der Waals surface area contributed by atoms with Crippen molar-refractivity contribution >= 4 is 6.09 Å². The zero-order valence-corrected chi connectivity index (χ0v) is 11.7. The molecule has 0 aromatic rings. The zero-order valence-electron chi connectivity index (χ0n) is 11.7. The second-order valence-electron chi connectivity index (χ2n) is 7.26. The van der Waals surface area contributed by atoms with E-state index >= 15 is 0 Å². The fourth-order valence-electron chi connectivity index (χ4n) is 3.54. The molecule has 1 aliphatic carbocycles. The first-order valence-electron chi connectivity index (χ1n) is 6.67. The first-order chi connectivity index (χ1) is 7.70. The third-order valence-electron chi connectivity index (χ3n) is 4.13. The SMILES string of the molecule is C[C@@H]1C[C@H]2CN(C(=O)OC(C)(C)C)C[C@@]2(C)C1. The van der Waals surface area contributed by atoms with Gasteiger partial charge in [0.15, 0.2) is 0 Å². The number of ether oxygens (including phenoxy) is 1. The minimum atomic E-state index is -0.386. The number of fused-ring (bicyclic) bond motifs is 1. The molecule has 2 rings (SSSR count). The Morgan fingerprint density at radius 1 is 1.41 bits per heavy atom. The van der Waals surface area contributed by atoms with Gasteiger partial charge in [0, 0.05) is 13.1 Å². The highest BCUT2D eigenvalue weighted by Gasteiger charge is 2.50. The molecule has 1 saturated heterocycles. The van der Waals surface area contributed by atoms with Crippen LogP contribution in [0.3, 0.4) is 0 Å². The number of likely N-dealkylation sites (tertiary alicyclic amines) is 1. The molecule has 0 N–H and O–H groups in total. The molecule has 1 saturated carbocycles. The van der Waals surface area contributed by atoms with Gasteiger partial charge in [0.25, 0.3) is 0 Å². The zero-order chi connectivity index (χ0) is 12.8. The van der Waals surface area contributed by atoms with Gasteiger partial charge < -0.3 is 9.64 Å². The Morgan fingerprint density at radius 2 is 2.06 bits per heavy atom. The number of hydrogen-bond donors (Lipinski definition) is 0. The van der Waals surface area contributed by atoms with Crippen molar-refractivity contribution < 1.29 is 9.53 Å². The summed E-state index contributed by atoms with van der Waals surface area (Å²) in [4.78, 5) is 13.9. The minimum Gasteiger partial charge on any atom is -0.444 e. The molecule has 3 heteroatoms. The van der Waals surface area contributed by atoms with Crippen LogP contribution in [0, 0.1) is 17.3 Å². The lowest BCUT2D eigenvalue weighted by Gasteiger charge is -2.26.